The van der Waals surface area contributed by atoms with Crippen molar-refractivity contribution in [2.75, 3.05) is 54.1 Å². The largest absolute Gasteiger partial charge is 0.472 e. The summed E-state index contributed by atoms with van der Waals surface area (Å²) in [6.45, 7) is 5.66. The van der Waals surface area contributed by atoms with E-state index in [0.29, 0.717) is 24.1 Å². The van der Waals surface area contributed by atoms with Gasteiger partial charge in [0.25, 0.3) is 0 Å². The van der Waals surface area contributed by atoms with Crippen LogP contribution in [0.3, 0.4) is 0 Å². The third-order valence-electron chi connectivity index (χ3n) is 12.5. The van der Waals surface area contributed by atoms with E-state index >= 15 is 0 Å². The fourth-order valence-electron chi connectivity index (χ4n) is 8.17. The monoisotopic (exact) mass is 941 g/mol. The summed E-state index contributed by atoms with van der Waals surface area (Å²) in [7, 11) is 1.68. The van der Waals surface area contributed by atoms with Crippen molar-refractivity contribution in [2.24, 2.45) is 0 Å². The lowest BCUT2D eigenvalue weighted by molar-refractivity contribution is -0.870. The van der Waals surface area contributed by atoms with Crippen LogP contribution in [0.1, 0.15) is 271 Å². The molecule has 0 heterocycles. The van der Waals surface area contributed by atoms with E-state index in [1.807, 2.05) is 21.1 Å². The minimum absolute atomic E-state index is 0.0906. The van der Waals surface area contributed by atoms with Gasteiger partial charge in [0.1, 0.15) is 19.3 Å². The Morgan fingerprint density at radius 1 is 0.477 bits per heavy atom. The van der Waals surface area contributed by atoms with Crippen molar-refractivity contribution in [1.82, 2.24) is 0 Å². The van der Waals surface area contributed by atoms with Crippen molar-refractivity contribution < 1.29 is 37.3 Å². The van der Waals surface area contributed by atoms with Crippen molar-refractivity contribution in [1.29, 1.82) is 0 Å². The van der Waals surface area contributed by atoms with E-state index in [4.69, 9.17) is 18.5 Å². The number of hydrogen-bond acceptors (Lipinski definition) is 6. The number of likely N-dealkylation sites (N-methyl/N-ethyl adjacent to an activating group) is 1. The molecule has 0 aliphatic rings. The Kier molecular flexibility index (Phi) is 48.6. The van der Waals surface area contributed by atoms with Crippen LogP contribution in [-0.2, 0) is 27.9 Å². The first-order valence-corrected chi connectivity index (χ1v) is 29.6. The summed E-state index contributed by atoms with van der Waals surface area (Å²) in [4.78, 5) is 23.1. The minimum Gasteiger partial charge on any atom is -0.457 e. The summed E-state index contributed by atoms with van der Waals surface area (Å²) in [6, 6.07) is 0. The van der Waals surface area contributed by atoms with Crippen LogP contribution >= 0.6 is 7.82 Å². The molecule has 386 valence electrons. The second-order valence-electron chi connectivity index (χ2n) is 20.3. The summed E-state index contributed by atoms with van der Waals surface area (Å²) in [5, 5.41) is 0. The molecule has 0 saturated carbocycles. The van der Waals surface area contributed by atoms with Gasteiger partial charge in [0.15, 0.2) is 0 Å². The Hall–Kier alpha value is -1.02. The second-order valence-corrected chi connectivity index (χ2v) is 21.8. The lowest BCUT2D eigenvalue weighted by Gasteiger charge is -2.24. The molecule has 65 heavy (non-hydrogen) atoms. The number of carbonyl (C=O) groups is 1. The number of hydrogen-bond donors (Lipinski definition) is 1. The van der Waals surface area contributed by atoms with Crippen molar-refractivity contribution in [3.8, 4) is 0 Å². The number of carbonyl (C=O) groups excluding carboxylic acids is 1. The quantitative estimate of drug-likeness (QED) is 0.0213. The van der Waals surface area contributed by atoms with E-state index < -0.39 is 13.9 Å². The highest BCUT2D eigenvalue weighted by atomic mass is 31.2. The number of quaternary nitrogens is 1. The maximum absolute atomic E-state index is 12.8. The third kappa shape index (κ3) is 53.8. The number of nitrogens with zero attached hydrogens (tertiary/aromatic N) is 1. The molecule has 0 bridgehead atoms. The number of unbranched alkanes of at least 4 members (excludes halogenated alkanes) is 35. The Balaban J connectivity index is 4.05. The first kappa shape index (κ1) is 64.0. The summed E-state index contributed by atoms with van der Waals surface area (Å²) in [5.41, 5.74) is 0. The molecule has 0 aromatic rings. The molecule has 0 aromatic carbocycles. The van der Waals surface area contributed by atoms with Gasteiger partial charge in [0.05, 0.1) is 34.4 Å². The van der Waals surface area contributed by atoms with Crippen molar-refractivity contribution >= 4 is 13.8 Å². The van der Waals surface area contributed by atoms with Gasteiger partial charge in [-0.25, -0.2) is 4.57 Å². The standard InChI is InChI=1S/C56H110NO7P/c1-6-8-10-12-14-16-18-20-22-24-26-28-29-30-31-33-35-37-39-41-43-45-47-49-56(58)64-55(54-63-65(59,60)62-52-50-57(3,4)5)53-61-51-48-46-44-42-40-38-36-34-32-27-25-23-21-19-17-15-13-11-9-7-2/h15,17,21,23,55H,6-14,16,18-20,22,24-54H2,1-5H3/p+1/b17-15-,23-21-. The Morgan fingerprint density at radius 2 is 0.846 bits per heavy atom. The van der Waals surface area contributed by atoms with Crippen LogP contribution in [0.2, 0.25) is 0 Å². The number of allylic oxidation sites excluding steroid dienone is 4. The SMILES string of the molecule is CCCCC/C=C\C/C=C\CCCCCCCCCCCCOCC(COP(=O)(O)OCC[N+](C)(C)C)OC(=O)CCCCCCCCCCCCCCCCCCCCCCCCC. The van der Waals surface area contributed by atoms with Crippen LogP contribution in [0.15, 0.2) is 24.3 Å². The maximum atomic E-state index is 12.8. The van der Waals surface area contributed by atoms with Gasteiger partial charge < -0.3 is 18.9 Å². The van der Waals surface area contributed by atoms with Crippen LogP contribution < -0.4 is 0 Å². The topological polar surface area (TPSA) is 91.3 Å². The van der Waals surface area contributed by atoms with E-state index in [-0.39, 0.29) is 25.8 Å². The van der Waals surface area contributed by atoms with E-state index in [0.717, 1.165) is 38.5 Å². The minimum atomic E-state index is -4.28. The number of esters is 1. The average molecular weight is 941 g/mol. The van der Waals surface area contributed by atoms with E-state index in [9.17, 15) is 14.3 Å². The predicted octanol–water partition coefficient (Wildman–Crippen LogP) is 17.5. The first-order valence-electron chi connectivity index (χ1n) is 28.1. The Labute approximate surface area is 404 Å². The van der Waals surface area contributed by atoms with Crippen molar-refractivity contribution in [3.63, 3.8) is 0 Å². The molecule has 2 unspecified atom stereocenters. The van der Waals surface area contributed by atoms with Gasteiger partial charge in [0.2, 0.25) is 0 Å². The lowest BCUT2D eigenvalue weighted by Crippen LogP contribution is -2.37. The van der Waals surface area contributed by atoms with Gasteiger partial charge in [-0.2, -0.15) is 0 Å². The fraction of sp³-hybridized carbons (Fsp3) is 0.911. The highest BCUT2D eigenvalue weighted by Gasteiger charge is 2.26. The van der Waals surface area contributed by atoms with E-state index in [1.165, 1.54) is 212 Å². The zero-order valence-electron chi connectivity index (χ0n) is 44.0. The predicted molar refractivity (Wildman–Crippen MR) is 280 cm³/mol. The first-order chi connectivity index (χ1) is 31.6. The molecular weight excluding hydrogens is 830 g/mol. The molecule has 0 spiro atoms. The van der Waals surface area contributed by atoms with Crippen molar-refractivity contribution in [2.45, 2.75) is 277 Å². The smallest absolute Gasteiger partial charge is 0.457 e. The van der Waals surface area contributed by atoms with Gasteiger partial charge in [-0.1, -0.05) is 244 Å². The van der Waals surface area contributed by atoms with E-state index in [2.05, 4.69) is 38.2 Å². The Morgan fingerprint density at radius 3 is 1.28 bits per heavy atom. The van der Waals surface area contributed by atoms with Gasteiger partial charge in [-0.05, 0) is 44.9 Å². The zero-order valence-corrected chi connectivity index (χ0v) is 44.9. The molecule has 0 radical (unpaired) electrons. The summed E-state index contributed by atoms with van der Waals surface area (Å²) in [6.07, 6.45) is 59.5. The molecule has 0 rings (SSSR count). The van der Waals surface area contributed by atoms with Gasteiger partial charge >= 0.3 is 13.8 Å². The molecule has 9 heteroatoms. The summed E-state index contributed by atoms with van der Waals surface area (Å²) in [5.74, 6) is -0.308. The molecule has 8 nitrogen and oxygen atoms in total. The molecule has 0 aliphatic heterocycles. The molecule has 0 saturated heterocycles. The Bertz CT molecular complexity index is 1090. The van der Waals surface area contributed by atoms with Crippen LogP contribution in [-0.4, -0.2) is 75.6 Å². The van der Waals surface area contributed by atoms with Gasteiger partial charge in [-0.15, -0.1) is 0 Å². The number of phosphoric acid groups is 1. The van der Waals surface area contributed by atoms with E-state index in [1.54, 1.807) is 0 Å². The average Bonchev–Trinajstić information content (AvgIpc) is 3.27. The van der Waals surface area contributed by atoms with Gasteiger partial charge in [-0.3, -0.25) is 13.8 Å². The molecule has 0 aliphatic carbocycles. The van der Waals surface area contributed by atoms with Gasteiger partial charge in [0, 0.05) is 13.0 Å². The highest BCUT2D eigenvalue weighted by molar-refractivity contribution is 7.47. The highest BCUT2D eigenvalue weighted by Crippen LogP contribution is 2.43. The van der Waals surface area contributed by atoms with Crippen molar-refractivity contribution in [3.05, 3.63) is 24.3 Å². The lowest BCUT2D eigenvalue weighted by atomic mass is 10.0. The molecular formula is C56H111NO7P+. The molecule has 1 N–H and O–H groups in total. The van der Waals surface area contributed by atoms with Crippen LogP contribution in [0.5, 0.6) is 0 Å². The summed E-state index contributed by atoms with van der Waals surface area (Å²) < 4.78 is 35.2. The molecule has 0 aromatic heterocycles. The van der Waals surface area contributed by atoms with Crippen LogP contribution in [0.25, 0.3) is 0 Å². The number of phosphoric ester groups is 1. The molecule has 0 amide bonds. The normalized spacial score (nSPS) is 13.6. The zero-order chi connectivity index (χ0) is 47.6. The summed E-state index contributed by atoms with van der Waals surface area (Å²) >= 11 is 0. The second kappa shape index (κ2) is 49.4. The fourth-order valence-corrected chi connectivity index (χ4v) is 8.92. The van der Waals surface area contributed by atoms with Crippen LogP contribution in [0, 0.1) is 0 Å². The number of rotatable bonds is 53. The molecule has 0 fully saturated rings. The molecule has 2 atom stereocenters. The van der Waals surface area contributed by atoms with Crippen LogP contribution in [0.4, 0.5) is 0 Å². The third-order valence-corrected chi connectivity index (χ3v) is 13.5. The maximum Gasteiger partial charge on any atom is 0.472 e. The number of ether oxygens (including phenoxy) is 2.